The second-order valence-corrected chi connectivity index (χ2v) is 7.68. The lowest BCUT2D eigenvalue weighted by Gasteiger charge is -2.18. The number of hydrogen-bond acceptors (Lipinski definition) is 6. The number of carbonyl (C=O) groups excluding carboxylic acids is 1. The third-order valence-corrected chi connectivity index (χ3v) is 5.41. The summed E-state index contributed by atoms with van der Waals surface area (Å²) in [6.07, 6.45) is 0.358. The molecule has 1 atom stereocenters. The van der Waals surface area contributed by atoms with E-state index in [0.29, 0.717) is 42.1 Å². The predicted octanol–water partition coefficient (Wildman–Crippen LogP) is 4.40. The maximum atomic E-state index is 12.7. The van der Waals surface area contributed by atoms with E-state index >= 15 is 0 Å². The van der Waals surface area contributed by atoms with Gasteiger partial charge in [0, 0.05) is 30.1 Å². The van der Waals surface area contributed by atoms with Crippen LogP contribution in [-0.4, -0.2) is 36.8 Å². The summed E-state index contributed by atoms with van der Waals surface area (Å²) in [7, 11) is 3.16. The largest absolute Gasteiger partial charge is 0.493 e. The standard InChI is InChI=1S/C23H25N3O4/c1-14(2)15-6-5-7-18(10-15)26-13-17(12-21(26)27)22-24-23(30-25-22)16-8-9-19(28-3)20(11-16)29-4/h5-11,14,17H,12-13H2,1-4H3. The molecule has 0 bridgehead atoms. The fraction of sp³-hybridized carbons (Fsp3) is 0.348. The van der Waals surface area contributed by atoms with Gasteiger partial charge in [-0.15, -0.1) is 0 Å². The molecule has 7 nitrogen and oxygen atoms in total. The Hall–Kier alpha value is -3.35. The highest BCUT2D eigenvalue weighted by atomic mass is 16.5. The Morgan fingerprint density at radius 3 is 2.63 bits per heavy atom. The topological polar surface area (TPSA) is 77.7 Å². The highest BCUT2D eigenvalue weighted by molar-refractivity contribution is 5.96. The predicted molar refractivity (Wildman–Crippen MR) is 113 cm³/mol. The molecule has 0 aliphatic carbocycles. The lowest BCUT2D eigenvalue weighted by Crippen LogP contribution is -2.24. The van der Waals surface area contributed by atoms with Crippen molar-refractivity contribution in [3.05, 3.63) is 53.9 Å². The van der Waals surface area contributed by atoms with E-state index < -0.39 is 0 Å². The molecule has 30 heavy (non-hydrogen) atoms. The highest BCUT2D eigenvalue weighted by Crippen LogP contribution is 2.35. The van der Waals surface area contributed by atoms with Crippen LogP contribution in [0.1, 0.15) is 43.5 Å². The molecule has 2 aromatic carbocycles. The van der Waals surface area contributed by atoms with E-state index in [4.69, 9.17) is 14.0 Å². The summed E-state index contributed by atoms with van der Waals surface area (Å²) in [5.74, 6) is 2.49. The SMILES string of the molecule is COc1ccc(-c2nc(C3CC(=O)N(c4cccc(C(C)C)c4)C3)no2)cc1OC. The second-order valence-electron chi connectivity index (χ2n) is 7.68. The molecular formula is C23H25N3O4. The minimum atomic E-state index is -0.113. The Kier molecular flexibility index (Phi) is 5.44. The van der Waals surface area contributed by atoms with E-state index in [1.165, 1.54) is 5.56 Å². The van der Waals surface area contributed by atoms with Crippen LogP contribution in [0.2, 0.25) is 0 Å². The summed E-state index contributed by atoms with van der Waals surface area (Å²) < 4.78 is 16.1. The first kappa shape index (κ1) is 19.9. The van der Waals surface area contributed by atoms with Gasteiger partial charge in [-0.2, -0.15) is 4.98 Å². The molecule has 3 aromatic rings. The maximum Gasteiger partial charge on any atom is 0.258 e. The van der Waals surface area contributed by atoms with Crippen LogP contribution in [-0.2, 0) is 4.79 Å². The lowest BCUT2D eigenvalue weighted by molar-refractivity contribution is -0.117. The molecule has 156 valence electrons. The number of methoxy groups -OCH3 is 2. The number of carbonyl (C=O) groups is 1. The maximum absolute atomic E-state index is 12.7. The first-order valence-corrected chi connectivity index (χ1v) is 9.96. The summed E-state index contributed by atoms with van der Waals surface area (Å²) in [6, 6.07) is 13.5. The van der Waals surface area contributed by atoms with Crippen LogP contribution in [0.15, 0.2) is 47.0 Å². The third-order valence-electron chi connectivity index (χ3n) is 5.41. The molecule has 1 amide bonds. The molecule has 1 aromatic heterocycles. The average Bonchev–Trinajstić information content (AvgIpc) is 3.40. The monoisotopic (exact) mass is 407 g/mol. The smallest absolute Gasteiger partial charge is 0.258 e. The number of ether oxygens (including phenoxy) is 2. The minimum Gasteiger partial charge on any atom is -0.493 e. The zero-order valence-corrected chi connectivity index (χ0v) is 17.6. The molecule has 1 unspecified atom stereocenters. The van der Waals surface area contributed by atoms with Crippen LogP contribution in [0, 0.1) is 0 Å². The van der Waals surface area contributed by atoms with E-state index in [2.05, 4.69) is 36.1 Å². The van der Waals surface area contributed by atoms with Crippen molar-refractivity contribution >= 4 is 11.6 Å². The van der Waals surface area contributed by atoms with Crippen molar-refractivity contribution < 1.29 is 18.8 Å². The molecule has 0 radical (unpaired) electrons. The number of rotatable bonds is 6. The number of benzene rings is 2. The van der Waals surface area contributed by atoms with Crippen molar-refractivity contribution in [2.24, 2.45) is 0 Å². The molecule has 0 N–H and O–H groups in total. The van der Waals surface area contributed by atoms with Crippen LogP contribution >= 0.6 is 0 Å². The van der Waals surface area contributed by atoms with E-state index in [1.807, 2.05) is 23.1 Å². The summed E-state index contributed by atoms with van der Waals surface area (Å²) >= 11 is 0. The van der Waals surface area contributed by atoms with Gasteiger partial charge >= 0.3 is 0 Å². The third kappa shape index (κ3) is 3.75. The number of anilines is 1. The van der Waals surface area contributed by atoms with Gasteiger partial charge in [0.25, 0.3) is 5.89 Å². The van der Waals surface area contributed by atoms with Crippen molar-refractivity contribution in [3.8, 4) is 23.0 Å². The minimum absolute atomic E-state index is 0.0679. The Labute approximate surface area is 175 Å². The molecule has 1 aliphatic heterocycles. The van der Waals surface area contributed by atoms with Gasteiger partial charge < -0.3 is 18.9 Å². The average molecular weight is 407 g/mol. The summed E-state index contributed by atoms with van der Waals surface area (Å²) in [5.41, 5.74) is 2.86. The Morgan fingerprint density at radius 2 is 1.90 bits per heavy atom. The first-order chi connectivity index (χ1) is 14.5. The lowest BCUT2D eigenvalue weighted by atomic mass is 10.0. The van der Waals surface area contributed by atoms with Crippen molar-refractivity contribution in [1.82, 2.24) is 10.1 Å². The Balaban J connectivity index is 1.55. The van der Waals surface area contributed by atoms with Gasteiger partial charge in [0.05, 0.1) is 14.2 Å². The van der Waals surface area contributed by atoms with E-state index in [0.717, 1.165) is 11.3 Å². The number of amides is 1. The van der Waals surface area contributed by atoms with Gasteiger partial charge in [0.2, 0.25) is 5.91 Å². The Morgan fingerprint density at radius 1 is 1.10 bits per heavy atom. The van der Waals surface area contributed by atoms with Crippen LogP contribution in [0.3, 0.4) is 0 Å². The number of hydrogen-bond donors (Lipinski definition) is 0. The highest BCUT2D eigenvalue weighted by Gasteiger charge is 2.34. The van der Waals surface area contributed by atoms with E-state index in [-0.39, 0.29) is 11.8 Å². The van der Waals surface area contributed by atoms with Crippen molar-refractivity contribution in [1.29, 1.82) is 0 Å². The van der Waals surface area contributed by atoms with Crippen LogP contribution in [0.4, 0.5) is 5.69 Å². The fourth-order valence-electron chi connectivity index (χ4n) is 3.67. The van der Waals surface area contributed by atoms with Gasteiger partial charge in [0.15, 0.2) is 17.3 Å². The van der Waals surface area contributed by atoms with Gasteiger partial charge in [-0.3, -0.25) is 4.79 Å². The van der Waals surface area contributed by atoms with Crippen LogP contribution < -0.4 is 14.4 Å². The summed E-state index contributed by atoms with van der Waals surface area (Å²) in [6.45, 7) is 4.82. The summed E-state index contributed by atoms with van der Waals surface area (Å²) in [5, 5.41) is 4.14. The normalized spacial score (nSPS) is 16.4. The second kappa shape index (κ2) is 8.18. The number of aromatic nitrogens is 2. The first-order valence-electron chi connectivity index (χ1n) is 9.96. The molecular weight excluding hydrogens is 382 g/mol. The van der Waals surface area contributed by atoms with Gasteiger partial charge in [-0.25, -0.2) is 0 Å². The number of nitrogens with zero attached hydrogens (tertiary/aromatic N) is 3. The van der Waals surface area contributed by atoms with Crippen molar-refractivity contribution in [2.45, 2.75) is 32.1 Å². The molecule has 4 rings (SSSR count). The zero-order chi connectivity index (χ0) is 21.3. The molecule has 1 fully saturated rings. The molecule has 0 saturated carbocycles. The van der Waals surface area contributed by atoms with E-state index in [9.17, 15) is 4.79 Å². The van der Waals surface area contributed by atoms with Gasteiger partial charge in [-0.1, -0.05) is 31.1 Å². The molecule has 1 aliphatic rings. The van der Waals surface area contributed by atoms with Crippen molar-refractivity contribution in [3.63, 3.8) is 0 Å². The molecule has 0 spiro atoms. The quantitative estimate of drug-likeness (QED) is 0.603. The molecule has 1 saturated heterocycles. The van der Waals surface area contributed by atoms with E-state index in [1.54, 1.807) is 26.4 Å². The van der Waals surface area contributed by atoms with Gasteiger partial charge in [0.1, 0.15) is 0 Å². The zero-order valence-electron chi connectivity index (χ0n) is 17.6. The van der Waals surface area contributed by atoms with Crippen LogP contribution in [0.5, 0.6) is 11.5 Å². The molecule has 2 heterocycles. The summed E-state index contributed by atoms with van der Waals surface area (Å²) in [4.78, 5) is 19.0. The van der Waals surface area contributed by atoms with Gasteiger partial charge in [-0.05, 0) is 41.8 Å². The van der Waals surface area contributed by atoms with Crippen LogP contribution in [0.25, 0.3) is 11.5 Å². The molecule has 7 heteroatoms. The van der Waals surface area contributed by atoms with Crippen molar-refractivity contribution in [2.75, 3.05) is 25.7 Å². The fourth-order valence-corrected chi connectivity index (χ4v) is 3.67. The Bertz CT molecular complexity index is 1060.